The second-order valence-corrected chi connectivity index (χ2v) is 9.30. The lowest BCUT2D eigenvalue weighted by Crippen LogP contribution is -2.62. The number of rotatable bonds is 3. The molecule has 1 fully saturated rings. The quantitative estimate of drug-likeness (QED) is 0.462. The number of hydrogen-bond acceptors (Lipinski definition) is 2. The SMILES string of the molecule is O=C1[C@@H]2Cc3c([nH]c4ccccc34)[C@@H](c3cccc(Cl)c3)N2C(=O)CN1Cc1ccc(F)cc1. The highest BCUT2D eigenvalue weighted by atomic mass is 35.5. The first-order chi connectivity index (χ1) is 16.5. The van der Waals surface area contributed by atoms with Crippen molar-refractivity contribution in [3.8, 4) is 0 Å². The number of nitrogens with one attached hydrogen (secondary N) is 1. The van der Waals surface area contributed by atoms with Gasteiger partial charge in [0.05, 0.1) is 6.04 Å². The Morgan fingerprint density at radius 1 is 1.00 bits per heavy atom. The standard InChI is InChI=1S/C27H21ClFN3O2/c28-18-5-3-4-17(12-18)26-25-21(20-6-1-2-7-22(20)30-25)13-23-27(34)31(15-24(33)32(23)26)14-16-8-10-19(29)11-9-16/h1-12,23,26,30H,13-15H2/t23-,26+/m0/s1. The van der Waals surface area contributed by atoms with E-state index in [4.69, 9.17) is 11.6 Å². The lowest BCUT2D eigenvalue weighted by atomic mass is 9.86. The molecule has 0 aliphatic carbocycles. The molecule has 0 unspecified atom stereocenters. The van der Waals surface area contributed by atoms with Crippen LogP contribution in [0.1, 0.15) is 28.4 Å². The van der Waals surface area contributed by atoms with Gasteiger partial charge in [-0.25, -0.2) is 4.39 Å². The van der Waals surface area contributed by atoms with Gasteiger partial charge in [0.1, 0.15) is 18.4 Å². The third-order valence-electron chi connectivity index (χ3n) is 6.79. The van der Waals surface area contributed by atoms with Gasteiger partial charge in [-0.3, -0.25) is 9.59 Å². The molecule has 1 aromatic heterocycles. The van der Waals surface area contributed by atoms with Crippen molar-refractivity contribution >= 4 is 34.3 Å². The highest BCUT2D eigenvalue weighted by molar-refractivity contribution is 6.30. The first-order valence-corrected chi connectivity index (χ1v) is 11.6. The number of para-hydroxylation sites is 1. The van der Waals surface area contributed by atoms with Gasteiger partial charge in [0.15, 0.2) is 0 Å². The Morgan fingerprint density at radius 3 is 2.59 bits per heavy atom. The number of fused-ring (bicyclic) bond motifs is 4. The molecule has 2 aliphatic rings. The van der Waals surface area contributed by atoms with Crippen LogP contribution in [0.4, 0.5) is 4.39 Å². The van der Waals surface area contributed by atoms with Crippen LogP contribution in [0.3, 0.4) is 0 Å². The number of halogens is 2. The second kappa shape index (κ2) is 7.99. The average molecular weight is 474 g/mol. The van der Waals surface area contributed by atoms with E-state index in [0.717, 1.165) is 33.3 Å². The van der Waals surface area contributed by atoms with Gasteiger partial charge in [-0.05, 0) is 47.0 Å². The summed E-state index contributed by atoms with van der Waals surface area (Å²) in [6.45, 7) is 0.233. The molecule has 34 heavy (non-hydrogen) atoms. The fraction of sp³-hybridized carbons (Fsp3) is 0.185. The number of H-pyrrole nitrogens is 1. The molecule has 4 aromatic rings. The van der Waals surface area contributed by atoms with Gasteiger partial charge in [0.2, 0.25) is 11.8 Å². The molecular formula is C27H21ClFN3O2. The van der Waals surface area contributed by atoms with Gasteiger partial charge in [-0.15, -0.1) is 0 Å². The smallest absolute Gasteiger partial charge is 0.246 e. The maximum atomic E-state index is 13.7. The summed E-state index contributed by atoms with van der Waals surface area (Å²) < 4.78 is 13.3. The molecule has 7 heteroatoms. The highest BCUT2D eigenvalue weighted by Crippen LogP contribution is 2.43. The van der Waals surface area contributed by atoms with Crippen molar-refractivity contribution in [2.24, 2.45) is 0 Å². The Balaban J connectivity index is 1.45. The Hall–Kier alpha value is -3.64. The van der Waals surface area contributed by atoms with Crippen molar-refractivity contribution in [1.29, 1.82) is 0 Å². The summed E-state index contributed by atoms with van der Waals surface area (Å²) in [6.07, 6.45) is 0.431. The zero-order valence-corrected chi connectivity index (χ0v) is 18.9. The van der Waals surface area contributed by atoms with Crippen LogP contribution in [0.5, 0.6) is 0 Å². The number of hydrogen-bond donors (Lipinski definition) is 1. The fourth-order valence-electron chi connectivity index (χ4n) is 5.29. The number of amides is 2. The monoisotopic (exact) mass is 473 g/mol. The van der Waals surface area contributed by atoms with E-state index in [2.05, 4.69) is 4.98 Å². The zero-order valence-electron chi connectivity index (χ0n) is 18.2. The fourth-order valence-corrected chi connectivity index (χ4v) is 5.49. The minimum atomic E-state index is -0.627. The molecule has 6 rings (SSSR count). The largest absolute Gasteiger partial charge is 0.356 e. The average Bonchev–Trinajstić information content (AvgIpc) is 3.21. The van der Waals surface area contributed by atoms with Crippen LogP contribution in [0.2, 0.25) is 5.02 Å². The minimum absolute atomic E-state index is 0.0284. The minimum Gasteiger partial charge on any atom is -0.356 e. The van der Waals surface area contributed by atoms with Crippen LogP contribution in [0.15, 0.2) is 72.8 Å². The van der Waals surface area contributed by atoms with Gasteiger partial charge < -0.3 is 14.8 Å². The summed E-state index contributed by atoms with van der Waals surface area (Å²) in [5, 5.41) is 1.63. The first kappa shape index (κ1) is 20.9. The number of piperazine rings is 1. The van der Waals surface area contributed by atoms with Crippen molar-refractivity contribution in [3.05, 3.63) is 106 Å². The zero-order chi connectivity index (χ0) is 23.4. The van der Waals surface area contributed by atoms with Crippen LogP contribution in [0, 0.1) is 5.82 Å². The molecule has 0 spiro atoms. The van der Waals surface area contributed by atoms with Crippen LogP contribution >= 0.6 is 11.6 Å². The van der Waals surface area contributed by atoms with Gasteiger partial charge in [-0.2, -0.15) is 0 Å². The van der Waals surface area contributed by atoms with Gasteiger partial charge >= 0.3 is 0 Å². The molecular weight excluding hydrogens is 453 g/mol. The molecule has 1 saturated heterocycles. The van der Waals surface area contributed by atoms with Crippen LogP contribution in [-0.2, 0) is 22.6 Å². The molecule has 0 saturated carbocycles. The molecule has 2 aliphatic heterocycles. The second-order valence-electron chi connectivity index (χ2n) is 8.86. The molecule has 0 radical (unpaired) electrons. The van der Waals surface area contributed by atoms with E-state index in [1.165, 1.54) is 12.1 Å². The third-order valence-corrected chi connectivity index (χ3v) is 7.03. The van der Waals surface area contributed by atoms with Gasteiger partial charge in [0.25, 0.3) is 0 Å². The van der Waals surface area contributed by atoms with Crippen LogP contribution < -0.4 is 0 Å². The van der Waals surface area contributed by atoms with E-state index in [0.29, 0.717) is 11.4 Å². The maximum Gasteiger partial charge on any atom is 0.246 e. The highest BCUT2D eigenvalue weighted by Gasteiger charge is 2.48. The molecule has 5 nitrogen and oxygen atoms in total. The summed E-state index contributed by atoms with van der Waals surface area (Å²) in [5.41, 5.74) is 4.59. The lowest BCUT2D eigenvalue weighted by molar-refractivity contribution is -0.159. The van der Waals surface area contributed by atoms with E-state index in [1.807, 2.05) is 42.5 Å². The van der Waals surface area contributed by atoms with Crippen LogP contribution in [-0.4, -0.2) is 39.2 Å². The molecule has 2 amide bonds. The van der Waals surface area contributed by atoms with E-state index in [1.54, 1.807) is 28.0 Å². The van der Waals surface area contributed by atoms with Crippen LogP contribution in [0.25, 0.3) is 10.9 Å². The topological polar surface area (TPSA) is 56.4 Å². The van der Waals surface area contributed by atoms with E-state index in [9.17, 15) is 14.0 Å². The summed E-state index contributed by atoms with van der Waals surface area (Å²) in [5.74, 6) is -0.563. The first-order valence-electron chi connectivity index (χ1n) is 11.2. The molecule has 3 heterocycles. The lowest BCUT2D eigenvalue weighted by Gasteiger charge is -2.47. The van der Waals surface area contributed by atoms with Crippen molar-refractivity contribution < 1.29 is 14.0 Å². The Bertz CT molecular complexity index is 1430. The van der Waals surface area contributed by atoms with Gasteiger partial charge in [0, 0.05) is 34.6 Å². The Labute approximate surface area is 200 Å². The summed E-state index contributed by atoms with van der Waals surface area (Å²) in [7, 11) is 0. The molecule has 3 aromatic carbocycles. The number of aromatic nitrogens is 1. The molecule has 2 atom stereocenters. The van der Waals surface area contributed by atoms with Crippen molar-refractivity contribution in [2.75, 3.05) is 6.54 Å². The summed E-state index contributed by atoms with van der Waals surface area (Å²) in [4.78, 5) is 34.1. The Morgan fingerprint density at radius 2 is 1.79 bits per heavy atom. The van der Waals surface area contributed by atoms with Crippen molar-refractivity contribution in [1.82, 2.24) is 14.8 Å². The predicted molar refractivity (Wildman–Crippen MR) is 128 cm³/mol. The normalized spacial score (nSPS) is 19.9. The third kappa shape index (κ3) is 3.37. The number of aromatic amines is 1. The summed E-state index contributed by atoms with van der Waals surface area (Å²) in [6, 6.07) is 20.4. The maximum absolute atomic E-state index is 13.7. The number of benzene rings is 3. The Kier molecular flexibility index (Phi) is 4.92. The van der Waals surface area contributed by atoms with Crippen molar-refractivity contribution in [2.45, 2.75) is 25.0 Å². The predicted octanol–water partition coefficient (Wildman–Crippen LogP) is 4.85. The number of nitrogens with zero attached hydrogens (tertiary/aromatic N) is 2. The van der Waals surface area contributed by atoms with Crippen molar-refractivity contribution in [3.63, 3.8) is 0 Å². The number of carbonyl (C=O) groups excluding carboxylic acids is 2. The van der Waals surface area contributed by atoms with Gasteiger partial charge in [-0.1, -0.05) is 54.1 Å². The van der Waals surface area contributed by atoms with E-state index >= 15 is 0 Å². The summed E-state index contributed by atoms with van der Waals surface area (Å²) >= 11 is 6.32. The van der Waals surface area contributed by atoms with E-state index < -0.39 is 12.1 Å². The van der Waals surface area contributed by atoms with E-state index in [-0.39, 0.29) is 30.7 Å². The molecule has 0 bridgehead atoms. The number of carbonyl (C=O) groups is 2. The molecule has 1 N–H and O–H groups in total. The molecule has 170 valence electrons.